The van der Waals surface area contributed by atoms with Crippen LogP contribution in [-0.2, 0) is 34.3 Å². The normalized spacial score (nSPS) is 12.5. The Balaban J connectivity index is 1.82. The third kappa shape index (κ3) is 12.2. The lowest BCUT2D eigenvalue weighted by molar-refractivity contribution is -0.111. The van der Waals surface area contributed by atoms with Crippen LogP contribution in [0.5, 0.6) is 0 Å². The molecule has 0 heterocycles. The Morgan fingerprint density at radius 1 is 0.833 bits per heavy atom. The van der Waals surface area contributed by atoms with Crippen LogP contribution in [0.3, 0.4) is 0 Å². The first-order chi connectivity index (χ1) is 17.5. The molecule has 0 aliphatic heterocycles. The van der Waals surface area contributed by atoms with Crippen molar-refractivity contribution >= 4 is 24.7 Å². The summed E-state index contributed by atoms with van der Waals surface area (Å²) in [6.07, 6.45) is 8.64. The minimum absolute atomic E-state index is 0.0271. The van der Waals surface area contributed by atoms with Gasteiger partial charge in [0.05, 0.1) is 25.1 Å². The zero-order valence-electron chi connectivity index (χ0n) is 21.9. The van der Waals surface area contributed by atoms with Gasteiger partial charge >= 0.3 is 7.82 Å². The van der Waals surface area contributed by atoms with E-state index in [1.54, 1.807) is 0 Å². The van der Waals surface area contributed by atoms with Crippen molar-refractivity contribution in [2.24, 2.45) is 0 Å². The molecule has 2 rings (SSSR count). The summed E-state index contributed by atoms with van der Waals surface area (Å²) in [4.78, 5) is 12.6. The fourth-order valence-corrected chi connectivity index (χ4v) is 5.43. The van der Waals surface area contributed by atoms with Gasteiger partial charge < -0.3 is 4.74 Å². The third-order valence-corrected chi connectivity index (χ3v) is 8.21. The zero-order valence-corrected chi connectivity index (χ0v) is 23.6. The van der Waals surface area contributed by atoms with Crippen molar-refractivity contribution < 1.29 is 27.7 Å². The van der Waals surface area contributed by atoms with E-state index < -0.39 is 7.82 Å². The molecule has 0 fully saturated rings. The molecule has 0 aliphatic carbocycles. The topological polar surface area (TPSA) is 71.1 Å². The van der Waals surface area contributed by atoms with E-state index in [1.165, 1.54) is 63.6 Å². The zero-order chi connectivity index (χ0) is 26.1. The van der Waals surface area contributed by atoms with Crippen molar-refractivity contribution in [1.29, 1.82) is 0 Å². The number of ether oxygens (including phenoxy) is 1. The number of carbonyl (C=O) groups excluding carboxylic acids is 1. The van der Waals surface area contributed by atoms with Gasteiger partial charge in [-0.2, -0.15) is 0 Å². The van der Waals surface area contributed by atoms with Crippen molar-refractivity contribution in [3.05, 3.63) is 60.2 Å². The average molecular weight is 537 g/mol. The average Bonchev–Trinajstić information content (AvgIpc) is 2.92. The summed E-state index contributed by atoms with van der Waals surface area (Å²) in [6, 6.07) is 18.4. The molecule has 0 aliphatic rings. The number of thioether (sulfide) groups is 1. The number of phosphoric acid groups is 1. The van der Waals surface area contributed by atoms with Crippen molar-refractivity contribution in [3.8, 4) is 11.1 Å². The largest absolute Gasteiger partial charge is 0.474 e. The number of carbonyl (C=O) groups is 1. The molecular weight excluding hydrogens is 495 g/mol. The van der Waals surface area contributed by atoms with Crippen LogP contribution in [-0.4, -0.2) is 37.8 Å². The first kappa shape index (κ1) is 30.8. The molecule has 2 aromatic carbocycles. The predicted molar refractivity (Wildman–Crippen MR) is 148 cm³/mol. The molecule has 200 valence electrons. The Hall–Kier alpha value is -1.47. The highest BCUT2D eigenvalue weighted by atomic mass is 32.2. The molecule has 0 saturated heterocycles. The molecule has 36 heavy (non-hydrogen) atoms. The maximum Gasteiger partial charge on any atom is 0.474 e. The van der Waals surface area contributed by atoms with Crippen molar-refractivity contribution in [3.63, 3.8) is 0 Å². The molecule has 2 aromatic rings. The summed E-state index contributed by atoms with van der Waals surface area (Å²) in [5, 5.41) is -0.220. The maximum absolute atomic E-state index is 12.6. The smallest absolute Gasteiger partial charge is 0.376 e. The van der Waals surface area contributed by atoms with Gasteiger partial charge in [0.25, 0.3) is 0 Å². The number of phosphoric ester groups is 1. The molecular formula is C28H41O6PS. The molecule has 8 heteroatoms. The molecule has 0 amide bonds. The molecule has 0 aromatic heterocycles. The lowest BCUT2D eigenvalue weighted by Crippen LogP contribution is -2.21. The van der Waals surface area contributed by atoms with E-state index in [4.69, 9.17) is 18.3 Å². The second-order valence-corrected chi connectivity index (χ2v) is 11.9. The molecule has 0 N–H and O–H groups in total. The first-order valence-electron chi connectivity index (χ1n) is 12.8. The van der Waals surface area contributed by atoms with Crippen LogP contribution in [0.15, 0.2) is 54.6 Å². The Bertz CT molecular complexity index is 898. The molecule has 1 atom stereocenters. The highest BCUT2D eigenvalue weighted by Gasteiger charge is 2.26. The molecule has 6 nitrogen and oxygen atoms in total. The standard InChI is InChI=1S/C28H41O6PS/c1-4-5-6-7-8-9-13-16-28(29)36-27(23-34-35(30,31-2)32-3)22-33-21-24-17-19-26(20-18-24)25-14-11-10-12-15-25/h10-12,14-15,17-20,27H,4-9,13,16,21-23H2,1-3H3/t27-/m1/s1. The van der Waals surface area contributed by atoms with Crippen LogP contribution in [0.4, 0.5) is 0 Å². The number of rotatable bonds is 19. The van der Waals surface area contributed by atoms with Crippen LogP contribution in [0, 0.1) is 0 Å². The predicted octanol–water partition coefficient (Wildman–Crippen LogP) is 8.06. The number of unbranched alkanes of at least 4 members (excludes halogenated alkanes) is 6. The lowest BCUT2D eigenvalue weighted by atomic mass is 10.0. The Morgan fingerprint density at radius 2 is 1.44 bits per heavy atom. The Kier molecular flexibility index (Phi) is 15.3. The quantitative estimate of drug-likeness (QED) is 0.133. The van der Waals surface area contributed by atoms with Gasteiger partial charge in [0.15, 0.2) is 5.12 Å². The van der Waals surface area contributed by atoms with Gasteiger partial charge in [-0.25, -0.2) is 4.57 Å². The SMILES string of the molecule is CCCCCCCCCC(=O)S[C@H](COCc1ccc(-c2ccccc2)cc1)COP(=O)(OC)OC. The van der Waals surface area contributed by atoms with E-state index in [2.05, 4.69) is 31.2 Å². The van der Waals surface area contributed by atoms with E-state index in [-0.39, 0.29) is 23.6 Å². The van der Waals surface area contributed by atoms with Crippen molar-refractivity contribution in [2.45, 2.75) is 70.1 Å². The molecule has 0 bridgehead atoms. The van der Waals surface area contributed by atoms with E-state index in [1.807, 2.05) is 30.3 Å². The second-order valence-electron chi connectivity index (χ2n) is 8.67. The monoisotopic (exact) mass is 536 g/mol. The first-order valence-corrected chi connectivity index (χ1v) is 15.1. The van der Waals surface area contributed by atoms with Crippen LogP contribution in [0.25, 0.3) is 11.1 Å². The molecule has 0 spiro atoms. The van der Waals surface area contributed by atoms with Crippen LogP contribution < -0.4 is 0 Å². The summed E-state index contributed by atoms with van der Waals surface area (Å²) in [5.41, 5.74) is 3.35. The third-order valence-electron chi connectivity index (χ3n) is 5.78. The lowest BCUT2D eigenvalue weighted by Gasteiger charge is -2.19. The summed E-state index contributed by atoms with van der Waals surface area (Å²) in [6.45, 7) is 2.92. The van der Waals surface area contributed by atoms with Crippen LogP contribution in [0.2, 0.25) is 0 Å². The fraction of sp³-hybridized carbons (Fsp3) is 0.536. The van der Waals surface area contributed by atoms with E-state index >= 15 is 0 Å². The van der Waals surface area contributed by atoms with Gasteiger partial charge in [0, 0.05) is 20.6 Å². The number of hydrogen-bond acceptors (Lipinski definition) is 7. The number of hydrogen-bond donors (Lipinski definition) is 0. The van der Waals surface area contributed by atoms with E-state index in [0.29, 0.717) is 13.0 Å². The van der Waals surface area contributed by atoms with Crippen LogP contribution >= 0.6 is 19.6 Å². The second kappa shape index (κ2) is 17.9. The van der Waals surface area contributed by atoms with E-state index in [0.717, 1.165) is 24.0 Å². The van der Waals surface area contributed by atoms with Gasteiger partial charge in [-0.3, -0.25) is 18.4 Å². The van der Waals surface area contributed by atoms with Gasteiger partial charge in [0.2, 0.25) is 0 Å². The van der Waals surface area contributed by atoms with Gasteiger partial charge in [0.1, 0.15) is 0 Å². The molecule has 0 radical (unpaired) electrons. The van der Waals surface area contributed by atoms with Crippen molar-refractivity contribution in [1.82, 2.24) is 0 Å². The summed E-state index contributed by atoms with van der Waals surface area (Å²) >= 11 is 1.19. The van der Waals surface area contributed by atoms with Gasteiger partial charge in [-0.15, -0.1) is 0 Å². The summed E-state index contributed by atoms with van der Waals surface area (Å²) in [5.74, 6) is 0. The summed E-state index contributed by atoms with van der Waals surface area (Å²) < 4.78 is 33.3. The van der Waals surface area contributed by atoms with Gasteiger partial charge in [-0.1, -0.05) is 112 Å². The highest BCUT2D eigenvalue weighted by Crippen LogP contribution is 2.48. The number of benzene rings is 2. The van der Waals surface area contributed by atoms with E-state index in [9.17, 15) is 9.36 Å². The van der Waals surface area contributed by atoms with Gasteiger partial charge in [-0.05, 0) is 23.1 Å². The molecule has 0 saturated carbocycles. The minimum Gasteiger partial charge on any atom is -0.376 e. The Labute approximate surface area is 221 Å². The summed E-state index contributed by atoms with van der Waals surface area (Å²) in [7, 11) is -1.08. The maximum atomic E-state index is 12.6. The minimum atomic E-state index is -3.62. The van der Waals surface area contributed by atoms with Crippen LogP contribution in [0.1, 0.15) is 63.9 Å². The fourth-order valence-electron chi connectivity index (χ4n) is 3.67. The molecule has 0 unspecified atom stereocenters. The Morgan fingerprint density at radius 3 is 2.08 bits per heavy atom. The van der Waals surface area contributed by atoms with Crippen molar-refractivity contribution in [2.75, 3.05) is 27.4 Å². The highest BCUT2D eigenvalue weighted by molar-refractivity contribution is 8.14.